The molecular weight excluding hydrogens is 372 g/mol. The van der Waals surface area contributed by atoms with Crippen LogP contribution in [-0.2, 0) is 10.0 Å². The molecule has 0 spiro atoms. The van der Waals surface area contributed by atoms with Gasteiger partial charge in [0.2, 0.25) is 10.0 Å². The number of sulfonamides is 1. The summed E-state index contributed by atoms with van der Waals surface area (Å²) >= 11 is 6.01. The summed E-state index contributed by atoms with van der Waals surface area (Å²) in [6.45, 7) is 6.05. The van der Waals surface area contributed by atoms with Gasteiger partial charge in [-0.25, -0.2) is 8.42 Å². The van der Waals surface area contributed by atoms with Crippen molar-refractivity contribution in [1.29, 1.82) is 0 Å². The highest BCUT2D eigenvalue weighted by Gasteiger charge is 2.19. The Morgan fingerprint density at radius 1 is 1.04 bits per heavy atom. The third-order valence-corrected chi connectivity index (χ3v) is 5.62. The second-order valence-electron chi connectivity index (χ2n) is 6.32. The number of nitrogens with one attached hydrogen (secondary N) is 1. The van der Waals surface area contributed by atoms with Gasteiger partial charge in [0.05, 0.1) is 18.5 Å². The molecule has 0 unspecified atom stereocenters. The Morgan fingerprint density at radius 3 is 2.31 bits per heavy atom. The molecule has 26 heavy (non-hydrogen) atoms. The van der Waals surface area contributed by atoms with Crippen LogP contribution in [0.3, 0.4) is 0 Å². The zero-order chi connectivity index (χ0) is 19.5. The molecule has 0 aliphatic rings. The van der Waals surface area contributed by atoms with E-state index in [2.05, 4.69) is 5.32 Å². The van der Waals surface area contributed by atoms with Crippen LogP contribution in [0.1, 0.15) is 27.0 Å². The van der Waals surface area contributed by atoms with Crippen LogP contribution in [0, 0.1) is 20.8 Å². The molecule has 0 aliphatic heterocycles. The summed E-state index contributed by atoms with van der Waals surface area (Å²) in [6, 6.07) is 10.6. The van der Waals surface area contributed by atoms with E-state index in [1.807, 2.05) is 32.9 Å². The minimum Gasteiger partial charge on any atom is -0.350 e. The van der Waals surface area contributed by atoms with Crippen molar-refractivity contribution in [3.8, 4) is 0 Å². The summed E-state index contributed by atoms with van der Waals surface area (Å²) in [5.41, 5.74) is 4.00. The zero-order valence-corrected chi connectivity index (χ0v) is 16.9. The Labute approximate surface area is 160 Å². The third kappa shape index (κ3) is 4.99. The highest BCUT2D eigenvalue weighted by Crippen LogP contribution is 2.26. The average molecular weight is 395 g/mol. The summed E-state index contributed by atoms with van der Waals surface area (Å²) in [6.07, 6.45) is 1.14. The predicted molar refractivity (Wildman–Crippen MR) is 107 cm³/mol. The first-order chi connectivity index (χ1) is 12.1. The standard InChI is InChI=1S/C19H23ClN2O3S/c1-13-5-7-16(11-15(13)3)19(23)21-9-10-22(26(4,24)25)18-12-17(20)8-6-14(18)2/h5-8,11-12H,9-10H2,1-4H3,(H,21,23). The fraction of sp³-hybridized carbons (Fsp3) is 0.316. The number of hydrogen-bond donors (Lipinski definition) is 1. The Balaban J connectivity index is 2.12. The van der Waals surface area contributed by atoms with Crippen molar-refractivity contribution in [1.82, 2.24) is 5.32 Å². The third-order valence-electron chi connectivity index (χ3n) is 4.21. The molecule has 0 atom stereocenters. The molecule has 0 saturated heterocycles. The van der Waals surface area contributed by atoms with Gasteiger partial charge in [0.1, 0.15) is 0 Å². The molecule has 0 saturated carbocycles. The highest BCUT2D eigenvalue weighted by molar-refractivity contribution is 7.92. The van der Waals surface area contributed by atoms with Crippen molar-refractivity contribution in [3.05, 3.63) is 63.7 Å². The Bertz CT molecular complexity index is 926. The maximum absolute atomic E-state index is 12.3. The number of hydrogen-bond acceptors (Lipinski definition) is 3. The van der Waals surface area contributed by atoms with Gasteiger partial charge in [-0.1, -0.05) is 23.7 Å². The number of anilines is 1. The van der Waals surface area contributed by atoms with E-state index in [9.17, 15) is 13.2 Å². The zero-order valence-electron chi connectivity index (χ0n) is 15.3. The Morgan fingerprint density at radius 2 is 1.69 bits per heavy atom. The molecule has 0 bridgehead atoms. The number of nitrogens with zero attached hydrogens (tertiary/aromatic N) is 1. The minimum atomic E-state index is -3.51. The lowest BCUT2D eigenvalue weighted by Crippen LogP contribution is -2.38. The molecule has 140 valence electrons. The van der Waals surface area contributed by atoms with Crippen LogP contribution < -0.4 is 9.62 Å². The van der Waals surface area contributed by atoms with E-state index < -0.39 is 10.0 Å². The summed E-state index contributed by atoms with van der Waals surface area (Å²) in [4.78, 5) is 12.3. The maximum Gasteiger partial charge on any atom is 0.251 e. The SMILES string of the molecule is Cc1ccc(C(=O)NCCN(c2cc(Cl)ccc2C)S(C)(=O)=O)cc1C. The van der Waals surface area contributed by atoms with Crippen LogP contribution in [0.2, 0.25) is 5.02 Å². The first-order valence-corrected chi connectivity index (χ1v) is 10.4. The minimum absolute atomic E-state index is 0.122. The molecule has 0 fully saturated rings. The number of amides is 1. The molecule has 1 amide bonds. The quantitative estimate of drug-likeness (QED) is 0.815. The topological polar surface area (TPSA) is 66.5 Å². The molecule has 1 N–H and O–H groups in total. The van der Waals surface area contributed by atoms with Crippen LogP contribution in [0.25, 0.3) is 0 Å². The molecule has 0 heterocycles. The van der Waals surface area contributed by atoms with Gasteiger partial charge in [-0.15, -0.1) is 0 Å². The molecule has 2 aromatic rings. The lowest BCUT2D eigenvalue weighted by molar-refractivity contribution is 0.0954. The second kappa shape index (κ2) is 8.10. The molecule has 0 radical (unpaired) electrons. The van der Waals surface area contributed by atoms with E-state index in [0.29, 0.717) is 16.3 Å². The number of rotatable bonds is 6. The van der Waals surface area contributed by atoms with Gasteiger partial charge in [0, 0.05) is 17.1 Å². The normalized spacial score (nSPS) is 11.3. The van der Waals surface area contributed by atoms with Crippen molar-refractivity contribution in [2.24, 2.45) is 0 Å². The number of halogens is 1. The van der Waals surface area contributed by atoms with E-state index >= 15 is 0 Å². The van der Waals surface area contributed by atoms with Gasteiger partial charge < -0.3 is 5.32 Å². The van der Waals surface area contributed by atoms with Gasteiger partial charge in [-0.2, -0.15) is 0 Å². The number of benzene rings is 2. The highest BCUT2D eigenvalue weighted by atomic mass is 35.5. The van der Waals surface area contributed by atoms with Gasteiger partial charge in [-0.05, 0) is 61.7 Å². The summed E-state index contributed by atoms with van der Waals surface area (Å²) in [5, 5.41) is 3.23. The molecule has 5 nitrogen and oxygen atoms in total. The van der Waals surface area contributed by atoms with E-state index in [-0.39, 0.29) is 19.0 Å². The first-order valence-electron chi connectivity index (χ1n) is 8.19. The molecule has 7 heteroatoms. The molecule has 0 aromatic heterocycles. The van der Waals surface area contributed by atoms with Gasteiger partial charge in [0.25, 0.3) is 5.91 Å². The van der Waals surface area contributed by atoms with Gasteiger partial charge in [-0.3, -0.25) is 9.10 Å². The number of carbonyl (C=O) groups excluding carboxylic acids is 1. The first kappa shape index (κ1) is 20.3. The predicted octanol–water partition coefficient (Wildman–Crippen LogP) is 3.46. The molecule has 2 aromatic carbocycles. The lowest BCUT2D eigenvalue weighted by atomic mass is 10.1. The van der Waals surface area contributed by atoms with E-state index in [1.165, 1.54) is 4.31 Å². The van der Waals surface area contributed by atoms with Gasteiger partial charge >= 0.3 is 0 Å². The van der Waals surface area contributed by atoms with Crippen LogP contribution in [0.4, 0.5) is 5.69 Å². The molecular formula is C19H23ClN2O3S. The Hall–Kier alpha value is -2.05. The van der Waals surface area contributed by atoms with Crippen molar-refractivity contribution in [2.45, 2.75) is 20.8 Å². The van der Waals surface area contributed by atoms with Crippen molar-refractivity contribution < 1.29 is 13.2 Å². The van der Waals surface area contributed by atoms with Crippen molar-refractivity contribution >= 4 is 33.2 Å². The van der Waals surface area contributed by atoms with Gasteiger partial charge in [0.15, 0.2) is 0 Å². The maximum atomic E-state index is 12.3. The van der Waals surface area contributed by atoms with E-state index in [1.54, 1.807) is 24.3 Å². The van der Waals surface area contributed by atoms with Crippen LogP contribution in [0.5, 0.6) is 0 Å². The second-order valence-corrected chi connectivity index (χ2v) is 8.66. The number of aryl methyl sites for hydroxylation is 3. The Kier molecular flexibility index (Phi) is 6.31. The largest absolute Gasteiger partial charge is 0.350 e. The van der Waals surface area contributed by atoms with E-state index in [4.69, 9.17) is 11.6 Å². The summed E-state index contributed by atoms with van der Waals surface area (Å²) in [7, 11) is -3.51. The summed E-state index contributed by atoms with van der Waals surface area (Å²) < 4.78 is 25.6. The monoisotopic (exact) mass is 394 g/mol. The van der Waals surface area contributed by atoms with Crippen LogP contribution in [-0.4, -0.2) is 33.7 Å². The summed E-state index contributed by atoms with van der Waals surface area (Å²) in [5.74, 6) is -0.232. The number of carbonyl (C=O) groups is 1. The lowest BCUT2D eigenvalue weighted by Gasteiger charge is -2.24. The van der Waals surface area contributed by atoms with E-state index in [0.717, 1.165) is 22.9 Å². The molecule has 2 rings (SSSR count). The fourth-order valence-corrected chi connectivity index (χ4v) is 3.72. The van der Waals surface area contributed by atoms with Crippen molar-refractivity contribution in [3.63, 3.8) is 0 Å². The smallest absolute Gasteiger partial charge is 0.251 e. The van der Waals surface area contributed by atoms with Crippen LogP contribution in [0.15, 0.2) is 36.4 Å². The fourth-order valence-electron chi connectivity index (χ4n) is 2.57. The average Bonchev–Trinajstić information content (AvgIpc) is 2.55. The van der Waals surface area contributed by atoms with Crippen molar-refractivity contribution in [2.75, 3.05) is 23.7 Å². The van der Waals surface area contributed by atoms with Crippen LogP contribution >= 0.6 is 11.6 Å². The molecule has 0 aliphatic carbocycles.